The van der Waals surface area contributed by atoms with Crippen LogP contribution in [0.1, 0.15) is 44.9 Å². The lowest BCUT2D eigenvalue weighted by Crippen LogP contribution is -2.70. The Labute approximate surface area is 157 Å². The van der Waals surface area contributed by atoms with Crippen LogP contribution in [0.3, 0.4) is 0 Å². The van der Waals surface area contributed by atoms with Crippen molar-refractivity contribution in [2.75, 3.05) is 32.8 Å². The van der Waals surface area contributed by atoms with Gasteiger partial charge in [0.25, 0.3) is 0 Å². The minimum Gasteiger partial charge on any atom is -0.381 e. The smallest absolute Gasteiger partial charge is 0.0748 e. The van der Waals surface area contributed by atoms with E-state index in [1.165, 1.54) is 44.9 Å². The minimum atomic E-state index is 0.361. The normalized spacial score (nSPS) is 45.7. The molecule has 4 aliphatic rings. The maximum absolute atomic E-state index is 6.33. The molecule has 0 aromatic heterocycles. The average molecular weight is 371 g/mol. The lowest BCUT2D eigenvalue weighted by molar-refractivity contribution is 0.0212. The van der Waals surface area contributed by atoms with Crippen LogP contribution in [0.25, 0.3) is 0 Å². The van der Waals surface area contributed by atoms with Gasteiger partial charge in [-0.25, -0.2) is 5.43 Å². The van der Waals surface area contributed by atoms with Gasteiger partial charge in [0.2, 0.25) is 0 Å². The number of hydrogen-bond donors (Lipinski definition) is 4. The summed E-state index contributed by atoms with van der Waals surface area (Å²) < 4.78 is 5.63. The number of nitrogens with one attached hydrogen (secondary N) is 4. The highest BCUT2D eigenvalue weighted by Crippen LogP contribution is 2.38. The summed E-state index contributed by atoms with van der Waals surface area (Å²) in [6, 6.07) is 0.604. The van der Waals surface area contributed by atoms with E-state index in [1.54, 1.807) is 0 Å². The average Bonchev–Trinajstić information content (AvgIpc) is 2.68. The number of hydrogen-bond acceptors (Lipinski definition) is 5. The molecule has 0 aromatic rings. The first-order chi connectivity index (χ1) is 12.3. The molecule has 0 spiro atoms. The third-order valence-electron chi connectivity index (χ3n) is 6.97. The van der Waals surface area contributed by atoms with E-state index in [1.807, 2.05) is 0 Å². The van der Waals surface area contributed by atoms with E-state index in [0.717, 1.165) is 44.7 Å². The summed E-state index contributed by atoms with van der Waals surface area (Å²) in [5.41, 5.74) is 7.37. The first kappa shape index (κ1) is 18.5. The van der Waals surface area contributed by atoms with Gasteiger partial charge in [-0.1, -0.05) is 0 Å². The Morgan fingerprint density at radius 3 is 2.68 bits per heavy atom. The van der Waals surface area contributed by atoms with Crippen LogP contribution in [0.15, 0.2) is 0 Å². The largest absolute Gasteiger partial charge is 0.381 e. The third-order valence-corrected chi connectivity index (χ3v) is 7.41. The Hall–Kier alpha value is 0.0900. The van der Waals surface area contributed by atoms with Crippen LogP contribution in [0.5, 0.6) is 0 Å². The molecule has 0 radical (unpaired) electrons. The highest BCUT2D eigenvalue weighted by molar-refractivity contribution is 6.20. The molecule has 0 aromatic carbocycles. The SMILES string of the molecule is ClC1CCC(C2NNC(NC[C@H]3CCCOC3)C3CNCCC32)CC1. The van der Waals surface area contributed by atoms with Gasteiger partial charge in [-0.3, -0.25) is 5.43 Å². The number of ether oxygens (including phenoxy) is 1. The molecule has 1 aliphatic carbocycles. The van der Waals surface area contributed by atoms with Crippen LogP contribution in [-0.4, -0.2) is 50.4 Å². The van der Waals surface area contributed by atoms with Crippen LogP contribution in [-0.2, 0) is 4.74 Å². The van der Waals surface area contributed by atoms with Gasteiger partial charge >= 0.3 is 0 Å². The molecule has 3 heterocycles. The topological polar surface area (TPSA) is 57.3 Å². The van der Waals surface area contributed by atoms with Crippen molar-refractivity contribution >= 4 is 11.6 Å². The van der Waals surface area contributed by atoms with Crippen LogP contribution >= 0.6 is 11.6 Å². The summed E-state index contributed by atoms with van der Waals surface area (Å²) in [5, 5.41) is 7.84. The van der Waals surface area contributed by atoms with Crippen molar-refractivity contribution in [2.24, 2.45) is 23.7 Å². The Balaban J connectivity index is 1.34. The molecule has 0 amide bonds. The first-order valence-electron chi connectivity index (χ1n) is 10.5. The molecule has 1 saturated carbocycles. The number of piperidine rings is 1. The number of fused-ring (bicyclic) bond motifs is 1. The second-order valence-corrected chi connectivity index (χ2v) is 9.23. The highest BCUT2D eigenvalue weighted by Gasteiger charge is 2.43. The quantitative estimate of drug-likeness (QED) is 0.569. The van der Waals surface area contributed by atoms with Crippen molar-refractivity contribution in [2.45, 2.75) is 62.5 Å². The molecule has 4 fully saturated rings. The van der Waals surface area contributed by atoms with E-state index in [-0.39, 0.29) is 0 Å². The van der Waals surface area contributed by atoms with Crippen LogP contribution in [0, 0.1) is 23.7 Å². The van der Waals surface area contributed by atoms with Crippen molar-refractivity contribution in [1.29, 1.82) is 0 Å². The van der Waals surface area contributed by atoms with Crippen molar-refractivity contribution in [3.63, 3.8) is 0 Å². The molecule has 4 unspecified atom stereocenters. The number of halogens is 1. The molecule has 5 atom stereocenters. The van der Waals surface area contributed by atoms with Gasteiger partial charge in [-0.15, -0.1) is 11.6 Å². The van der Waals surface area contributed by atoms with Crippen LogP contribution in [0.2, 0.25) is 0 Å². The second kappa shape index (κ2) is 8.85. The van der Waals surface area contributed by atoms with Gasteiger partial charge in [-0.05, 0) is 69.2 Å². The molecule has 4 rings (SSSR count). The molecular weight excluding hydrogens is 336 g/mol. The standard InChI is InChI=1S/C19H35ClN4O/c20-15-5-3-14(4-6-15)18-16-7-8-21-11-17(16)19(24-23-18)22-10-13-2-1-9-25-12-13/h13-19,21-24H,1-12H2/t13-,14?,15?,16?,17?,18?,19?/m1/s1. The van der Waals surface area contributed by atoms with E-state index in [2.05, 4.69) is 21.5 Å². The molecule has 3 saturated heterocycles. The zero-order valence-corrected chi connectivity index (χ0v) is 16.1. The van der Waals surface area contributed by atoms with E-state index in [9.17, 15) is 0 Å². The van der Waals surface area contributed by atoms with Gasteiger partial charge < -0.3 is 15.4 Å². The van der Waals surface area contributed by atoms with E-state index >= 15 is 0 Å². The Morgan fingerprint density at radius 1 is 1.00 bits per heavy atom. The van der Waals surface area contributed by atoms with Gasteiger partial charge in [0.1, 0.15) is 0 Å². The maximum atomic E-state index is 6.33. The molecule has 144 valence electrons. The molecule has 6 heteroatoms. The number of hydrazine groups is 1. The zero-order valence-electron chi connectivity index (χ0n) is 15.3. The lowest BCUT2D eigenvalue weighted by atomic mass is 9.70. The fraction of sp³-hybridized carbons (Fsp3) is 1.00. The second-order valence-electron chi connectivity index (χ2n) is 8.62. The zero-order chi connectivity index (χ0) is 17.1. The fourth-order valence-electron chi connectivity index (χ4n) is 5.48. The third kappa shape index (κ3) is 4.50. The number of rotatable bonds is 4. The minimum absolute atomic E-state index is 0.361. The van der Waals surface area contributed by atoms with Gasteiger partial charge in [0.15, 0.2) is 0 Å². The molecule has 25 heavy (non-hydrogen) atoms. The van der Waals surface area contributed by atoms with Crippen LogP contribution in [0.4, 0.5) is 0 Å². The van der Waals surface area contributed by atoms with E-state index in [0.29, 0.717) is 29.4 Å². The Morgan fingerprint density at radius 2 is 1.88 bits per heavy atom. The van der Waals surface area contributed by atoms with Crippen molar-refractivity contribution in [1.82, 2.24) is 21.5 Å². The van der Waals surface area contributed by atoms with Crippen molar-refractivity contribution in [3.8, 4) is 0 Å². The van der Waals surface area contributed by atoms with Crippen molar-refractivity contribution < 1.29 is 4.74 Å². The van der Waals surface area contributed by atoms with Gasteiger partial charge in [-0.2, -0.15) is 0 Å². The maximum Gasteiger partial charge on any atom is 0.0748 e. The Bertz CT molecular complexity index is 412. The molecule has 3 aliphatic heterocycles. The first-order valence-corrected chi connectivity index (χ1v) is 10.9. The van der Waals surface area contributed by atoms with Crippen molar-refractivity contribution in [3.05, 3.63) is 0 Å². The summed E-state index contributed by atoms with van der Waals surface area (Å²) in [4.78, 5) is 0. The highest BCUT2D eigenvalue weighted by atomic mass is 35.5. The van der Waals surface area contributed by atoms with E-state index in [4.69, 9.17) is 16.3 Å². The summed E-state index contributed by atoms with van der Waals surface area (Å²) in [7, 11) is 0. The van der Waals surface area contributed by atoms with Gasteiger partial charge in [0.05, 0.1) is 12.8 Å². The van der Waals surface area contributed by atoms with Gasteiger partial charge in [0, 0.05) is 37.0 Å². The monoisotopic (exact) mass is 370 g/mol. The predicted octanol–water partition coefficient (Wildman–Crippen LogP) is 1.83. The lowest BCUT2D eigenvalue weighted by Gasteiger charge is -2.50. The van der Waals surface area contributed by atoms with E-state index < -0.39 is 0 Å². The summed E-state index contributed by atoms with van der Waals surface area (Å²) in [6.45, 7) is 5.21. The number of alkyl halides is 1. The fourth-order valence-corrected chi connectivity index (χ4v) is 5.74. The Kier molecular flexibility index (Phi) is 6.53. The summed E-state index contributed by atoms with van der Waals surface area (Å²) in [6.07, 6.45) is 9.08. The molecular formula is C19H35ClN4O. The molecule has 5 nitrogen and oxygen atoms in total. The molecule has 4 N–H and O–H groups in total. The summed E-state index contributed by atoms with van der Waals surface area (Å²) in [5.74, 6) is 2.88. The summed E-state index contributed by atoms with van der Waals surface area (Å²) >= 11 is 6.33. The molecule has 0 bridgehead atoms. The predicted molar refractivity (Wildman–Crippen MR) is 101 cm³/mol. The van der Waals surface area contributed by atoms with Crippen LogP contribution < -0.4 is 21.5 Å².